The molecule has 0 radical (unpaired) electrons. The average molecular weight is 240 g/mol. The molecule has 4 heteroatoms. The van der Waals surface area contributed by atoms with Gasteiger partial charge in [0.1, 0.15) is 12.4 Å². The summed E-state index contributed by atoms with van der Waals surface area (Å²) in [6.45, 7) is 7.33. The number of carbonyl (C=O) groups excluding carboxylic acids is 1. The first kappa shape index (κ1) is 15.7. The monoisotopic (exact) mass is 240 g/mol. The van der Waals surface area contributed by atoms with Crippen molar-refractivity contribution in [2.24, 2.45) is 7.05 Å². The molecular formula is C13H24N2O2. The first-order chi connectivity index (χ1) is 8.02. The van der Waals surface area contributed by atoms with E-state index in [0.717, 1.165) is 6.54 Å². The zero-order chi connectivity index (χ0) is 13.3. The molecule has 0 aliphatic heterocycles. The molecule has 1 rings (SSSR count). The van der Waals surface area contributed by atoms with Crippen molar-refractivity contribution in [3.05, 3.63) is 18.2 Å². The number of aliphatic carboxylic acids is 1. The third-order valence-corrected chi connectivity index (χ3v) is 2.60. The molecule has 0 aliphatic rings. The van der Waals surface area contributed by atoms with Crippen LogP contribution in [0.2, 0.25) is 0 Å². The lowest BCUT2D eigenvalue weighted by molar-refractivity contribution is -0.677. The van der Waals surface area contributed by atoms with Gasteiger partial charge in [-0.2, -0.15) is 0 Å². The molecule has 0 fully saturated rings. The number of unbranched alkanes of at least 4 members (excludes halogenated alkanes) is 1. The predicted molar refractivity (Wildman–Crippen MR) is 65.2 cm³/mol. The van der Waals surface area contributed by atoms with Crippen LogP contribution in [0.1, 0.15) is 45.4 Å². The molecule has 0 saturated heterocycles. The van der Waals surface area contributed by atoms with Crippen molar-refractivity contribution in [2.45, 2.75) is 53.0 Å². The van der Waals surface area contributed by atoms with E-state index in [0.29, 0.717) is 6.42 Å². The zero-order valence-corrected chi connectivity index (χ0v) is 11.4. The van der Waals surface area contributed by atoms with E-state index >= 15 is 0 Å². The Morgan fingerprint density at radius 1 is 1.41 bits per heavy atom. The fourth-order valence-electron chi connectivity index (χ4n) is 1.37. The molecule has 0 saturated carbocycles. The Kier molecular flexibility index (Phi) is 8.11. The number of aryl methyl sites for hydroxylation is 2. The summed E-state index contributed by atoms with van der Waals surface area (Å²) in [7, 11) is 2.08. The van der Waals surface area contributed by atoms with E-state index in [1.807, 2.05) is 0 Å². The van der Waals surface area contributed by atoms with Gasteiger partial charge in [-0.1, -0.05) is 26.7 Å². The number of imidazole rings is 1. The van der Waals surface area contributed by atoms with Crippen molar-refractivity contribution in [2.75, 3.05) is 0 Å². The molecular weight excluding hydrogens is 216 g/mol. The standard InChI is InChI=1S/C9H17N2.C4H8O2/c1-4-5-6-11-8-7-10(3)9(11)2;1-2-3-4(5)6/h7-8H,4-6H2,1-3H3;2-3H2,1H3,(H,5,6)/q+1;/p-1. The Bertz CT molecular complexity index is 332. The third-order valence-electron chi connectivity index (χ3n) is 2.60. The zero-order valence-electron chi connectivity index (χ0n) is 11.4. The lowest BCUT2D eigenvalue weighted by Gasteiger charge is -1.95. The van der Waals surface area contributed by atoms with Crippen molar-refractivity contribution in [1.29, 1.82) is 0 Å². The molecule has 1 heterocycles. The summed E-state index contributed by atoms with van der Waals surface area (Å²) in [5, 5.41) is 9.49. The highest BCUT2D eigenvalue weighted by molar-refractivity contribution is 5.63. The number of carboxylic acid groups (broad SMARTS) is 1. The number of hydrogen-bond donors (Lipinski definition) is 0. The molecule has 0 N–H and O–H groups in total. The van der Waals surface area contributed by atoms with Crippen LogP contribution >= 0.6 is 0 Å². The van der Waals surface area contributed by atoms with Gasteiger partial charge in [-0.25, -0.2) is 9.13 Å². The van der Waals surface area contributed by atoms with Gasteiger partial charge in [-0.3, -0.25) is 0 Å². The maximum Gasteiger partial charge on any atom is 0.253 e. The number of carbonyl (C=O) groups is 1. The maximum atomic E-state index is 9.49. The van der Waals surface area contributed by atoms with Gasteiger partial charge in [0.05, 0.1) is 13.6 Å². The Labute approximate surface area is 104 Å². The highest BCUT2D eigenvalue weighted by Crippen LogP contribution is 1.96. The fourth-order valence-corrected chi connectivity index (χ4v) is 1.37. The number of nitrogens with zero attached hydrogens (tertiary/aromatic N) is 2. The van der Waals surface area contributed by atoms with E-state index in [1.165, 1.54) is 18.7 Å². The molecule has 0 atom stereocenters. The lowest BCUT2D eigenvalue weighted by atomic mass is 10.3. The van der Waals surface area contributed by atoms with Crippen LogP contribution in [0.25, 0.3) is 0 Å². The van der Waals surface area contributed by atoms with E-state index in [-0.39, 0.29) is 6.42 Å². The Balaban J connectivity index is 0.000000366. The Hall–Kier alpha value is -1.32. The number of carboxylic acids is 1. The molecule has 0 unspecified atom stereocenters. The molecule has 0 bridgehead atoms. The Morgan fingerprint density at radius 3 is 2.35 bits per heavy atom. The number of rotatable bonds is 5. The average Bonchev–Trinajstić information content (AvgIpc) is 2.58. The van der Waals surface area contributed by atoms with Crippen molar-refractivity contribution in [1.82, 2.24) is 4.57 Å². The van der Waals surface area contributed by atoms with Crippen LogP contribution in [0.3, 0.4) is 0 Å². The van der Waals surface area contributed by atoms with Crippen LogP contribution in [-0.2, 0) is 18.4 Å². The maximum absolute atomic E-state index is 9.49. The summed E-state index contributed by atoms with van der Waals surface area (Å²) in [6, 6.07) is 0. The largest absolute Gasteiger partial charge is 0.550 e. The van der Waals surface area contributed by atoms with Crippen molar-refractivity contribution >= 4 is 5.97 Å². The number of aromatic nitrogens is 2. The van der Waals surface area contributed by atoms with Crippen LogP contribution in [0.15, 0.2) is 12.4 Å². The van der Waals surface area contributed by atoms with Gasteiger partial charge in [0.15, 0.2) is 0 Å². The van der Waals surface area contributed by atoms with Gasteiger partial charge in [-0.15, -0.1) is 0 Å². The molecule has 1 aromatic heterocycles. The Morgan fingerprint density at radius 2 is 2.06 bits per heavy atom. The van der Waals surface area contributed by atoms with Crippen molar-refractivity contribution < 1.29 is 14.5 Å². The van der Waals surface area contributed by atoms with Gasteiger partial charge in [-0.05, 0) is 12.8 Å². The van der Waals surface area contributed by atoms with Crippen LogP contribution in [-0.4, -0.2) is 10.5 Å². The topological polar surface area (TPSA) is 48.9 Å². The minimum atomic E-state index is -0.961. The predicted octanol–water partition coefficient (Wildman–Crippen LogP) is 0.958. The first-order valence-corrected chi connectivity index (χ1v) is 6.24. The van der Waals surface area contributed by atoms with Crippen LogP contribution in [0.5, 0.6) is 0 Å². The highest BCUT2D eigenvalue weighted by Gasteiger charge is 2.06. The lowest BCUT2D eigenvalue weighted by Crippen LogP contribution is -2.29. The van der Waals surface area contributed by atoms with Gasteiger partial charge in [0, 0.05) is 12.9 Å². The van der Waals surface area contributed by atoms with E-state index in [2.05, 4.69) is 42.4 Å². The molecule has 1 aromatic rings. The molecule has 4 nitrogen and oxygen atoms in total. The van der Waals surface area contributed by atoms with Gasteiger partial charge < -0.3 is 9.90 Å². The summed E-state index contributed by atoms with van der Waals surface area (Å²) >= 11 is 0. The first-order valence-electron chi connectivity index (χ1n) is 6.24. The van der Waals surface area contributed by atoms with Crippen LogP contribution in [0.4, 0.5) is 0 Å². The van der Waals surface area contributed by atoms with Crippen LogP contribution in [0, 0.1) is 6.92 Å². The molecule has 0 spiro atoms. The summed E-state index contributed by atoms with van der Waals surface area (Å²) in [4.78, 5) is 9.49. The summed E-state index contributed by atoms with van der Waals surface area (Å²) in [5.74, 6) is 0.371. The van der Waals surface area contributed by atoms with Crippen LogP contribution < -0.4 is 9.67 Å². The minimum Gasteiger partial charge on any atom is -0.550 e. The van der Waals surface area contributed by atoms with Crippen molar-refractivity contribution in [3.63, 3.8) is 0 Å². The third kappa shape index (κ3) is 6.76. The van der Waals surface area contributed by atoms with E-state index in [1.54, 1.807) is 6.92 Å². The fraction of sp³-hybridized carbons (Fsp3) is 0.692. The highest BCUT2D eigenvalue weighted by atomic mass is 16.4. The summed E-state index contributed by atoms with van der Waals surface area (Å²) in [5.41, 5.74) is 0. The summed E-state index contributed by atoms with van der Waals surface area (Å²) < 4.78 is 4.44. The number of hydrogen-bond acceptors (Lipinski definition) is 2. The second-order valence-corrected chi connectivity index (χ2v) is 4.13. The van der Waals surface area contributed by atoms with E-state index < -0.39 is 5.97 Å². The second-order valence-electron chi connectivity index (χ2n) is 4.13. The summed E-state index contributed by atoms with van der Waals surface area (Å²) in [6.07, 6.45) is 7.63. The van der Waals surface area contributed by atoms with Gasteiger partial charge in [0.2, 0.25) is 0 Å². The second kappa shape index (κ2) is 8.79. The van der Waals surface area contributed by atoms with E-state index in [4.69, 9.17) is 0 Å². The minimum absolute atomic E-state index is 0.181. The molecule has 98 valence electrons. The smallest absolute Gasteiger partial charge is 0.253 e. The van der Waals surface area contributed by atoms with Gasteiger partial charge in [0.25, 0.3) is 5.82 Å². The quantitative estimate of drug-likeness (QED) is 0.720. The normalized spacial score (nSPS) is 9.65. The van der Waals surface area contributed by atoms with E-state index in [9.17, 15) is 9.90 Å². The van der Waals surface area contributed by atoms with Crippen molar-refractivity contribution in [3.8, 4) is 0 Å². The SMILES string of the molecule is CCCC(=O)[O-].CCCCn1cc[n+](C)c1C. The molecule has 0 aliphatic carbocycles. The molecule has 0 aromatic carbocycles. The molecule has 0 amide bonds. The van der Waals surface area contributed by atoms with Gasteiger partial charge >= 0.3 is 0 Å². The molecule has 17 heavy (non-hydrogen) atoms.